The maximum absolute atomic E-state index is 10.8. The Balaban J connectivity index is 2.53. The number of carbonyl (C=O) groups is 2. The van der Waals surface area contributed by atoms with E-state index in [1.54, 1.807) is 0 Å². The van der Waals surface area contributed by atoms with E-state index in [0.29, 0.717) is 0 Å². The summed E-state index contributed by atoms with van der Waals surface area (Å²) in [5.74, 6) is -0.622. The molecule has 1 N–H and O–H groups in total. The van der Waals surface area contributed by atoms with Crippen LogP contribution in [0.15, 0.2) is 20.4 Å². The van der Waals surface area contributed by atoms with Gasteiger partial charge < -0.3 is 0 Å². The minimum absolute atomic E-state index is 0.00963. The van der Waals surface area contributed by atoms with Crippen LogP contribution < -0.4 is 5.32 Å². The fraction of sp³-hybridized carbons (Fsp3) is 0. The number of imide groups is 1. The second kappa shape index (κ2) is 1.78. The molecule has 0 saturated heterocycles. The molecule has 2 rings (SSSR count). The van der Waals surface area contributed by atoms with Crippen LogP contribution in [0.4, 0.5) is 4.79 Å². The number of amides is 3. The maximum atomic E-state index is 10.8. The molecule has 0 spiro atoms. The first-order chi connectivity index (χ1) is 5.27. The Morgan fingerprint density at radius 3 is 2.91 bits per heavy atom. The second-order valence-electron chi connectivity index (χ2n) is 1.83. The van der Waals surface area contributed by atoms with Crippen LogP contribution in [-0.2, 0) is 4.79 Å². The number of fused-ring (bicyclic) bond motifs is 1. The quantitative estimate of drug-likeness (QED) is 0.503. The van der Waals surface area contributed by atoms with Gasteiger partial charge in [-0.25, -0.2) is 4.79 Å². The van der Waals surface area contributed by atoms with Gasteiger partial charge in [0.2, 0.25) is 5.84 Å². The summed E-state index contributed by atoms with van der Waals surface area (Å²) in [4.78, 5) is 24.7. The highest BCUT2D eigenvalue weighted by Crippen LogP contribution is 2.03. The minimum Gasteiger partial charge on any atom is -0.270 e. The summed E-state index contributed by atoms with van der Waals surface area (Å²) in [5.41, 5.74) is -0.00963. The summed E-state index contributed by atoms with van der Waals surface area (Å²) < 4.78 is 0. The Bertz CT molecular complexity index is 338. The van der Waals surface area contributed by atoms with Crippen LogP contribution in [0, 0.1) is 0 Å². The van der Waals surface area contributed by atoms with Crippen molar-refractivity contribution in [2.45, 2.75) is 0 Å². The van der Waals surface area contributed by atoms with E-state index in [9.17, 15) is 9.59 Å². The number of carbonyl (C=O) groups excluding carboxylic acids is 2. The zero-order valence-corrected chi connectivity index (χ0v) is 5.11. The van der Waals surface area contributed by atoms with Gasteiger partial charge in [-0.15, -0.1) is 10.2 Å². The van der Waals surface area contributed by atoms with Gasteiger partial charge in [0.05, 0.1) is 0 Å². The van der Waals surface area contributed by atoms with Crippen molar-refractivity contribution in [1.29, 1.82) is 0 Å². The van der Waals surface area contributed by atoms with E-state index in [1.807, 2.05) is 5.32 Å². The number of urea groups is 1. The fourth-order valence-corrected chi connectivity index (χ4v) is 0.704. The number of aliphatic imine (C=N–C) groups is 1. The minimum atomic E-state index is -0.732. The molecule has 3 amide bonds. The van der Waals surface area contributed by atoms with E-state index in [1.165, 1.54) is 0 Å². The molecule has 7 heteroatoms. The predicted molar refractivity (Wildman–Crippen MR) is 33.3 cm³/mol. The van der Waals surface area contributed by atoms with Crippen molar-refractivity contribution >= 4 is 23.5 Å². The van der Waals surface area contributed by atoms with Crippen molar-refractivity contribution in [3.05, 3.63) is 0 Å². The van der Waals surface area contributed by atoms with Gasteiger partial charge in [0.25, 0.3) is 5.91 Å². The molecule has 2 aliphatic heterocycles. The Hall–Kier alpha value is -1.92. The normalized spacial score (nSPS) is 20.7. The Morgan fingerprint density at radius 1 is 1.27 bits per heavy atom. The summed E-state index contributed by atoms with van der Waals surface area (Å²) in [7, 11) is 0. The number of nitrogens with one attached hydrogen (secondary N) is 1. The van der Waals surface area contributed by atoms with Crippen molar-refractivity contribution in [2.24, 2.45) is 20.4 Å². The van der Waals surface area contributed by atoms with Crippen LogP contribution in [0.2, 0.25) is 0 Å². The zero-order valence-electron chi connectivity index (χ0n) is 5.11. The third-order valence-corrected chi connectivity index (χ3v) is 1.14. The Morgan fingerprint density at radius 2 is 2.09 bits per heavy atom. The van der Waals surface area contributed by atoms with Crippen molar-refractivity contribution < 1.29 is 9.59 Å². The molecule has 54 valence electrons. The lowest BCUT2D eigenvalue weighted by atomic mass is 10.3. The lowest BCUT2D eigenvalue weighted by Gasteiger charge is -2.03. The van der Waals surface area contributed by atoms with Crippen molar-refractivity contribution in [1.82, 2.24) is 5.32 Å². The summed E-state index contributed by atoms with van der Waals surface area (Å²) >= 11 is 0. The van der Waals surface area contributed by atoms with Gasteiger partial charge in [0.1, 0.15) is 0 Å². The molecule has 0 aromatic carbocycles. The van der Waals surface area contributed by atoms with Crippen molar-refractivity contribution in [2.75, 3.05) is 0 Å². The topological polar surface area (TPSA) is 95.6 Å². The lowest BCUT2D eigenvalue weighted by Crippen LogP contribution is -2.41. The fourth-order valence-electron chi connectivity index (χ4n) is 0.704. The highest BCUT2D eigenvalue weighted by atomic mass is 16.2. The van der Waals surface area contributed by atoms with Crippen LogP contribution in [-0.4, -0.2) is 23.5 Å². The third kappa shape index (κ3) is 0.741. The Labute approximate surface area is 59.9 Å². The molecule has 0 aromatic heterocycles. The highest BCUT2D eigenvalue weighted by molar-refractivity contribution is 6.69. The van der Waals surface area contributed by atoms with Gasteiger partial charge in [-0.1, -0.05) is 0 Å². The smallest absolute Gasteiger partial charge is 0.270 e. The van der Waals surface area contributed by atoms with Gasteiger partial charge in [0, 0.05) is 0 Å². The van der Waals surface area contributed by atoms with Crippen molar-refractivity contribution in [3.63, 3.8) is 0 Å². The van der Waals surface area contributed by atoms with E-state index in [2.05, 4.69) is 20.4 Å². The second-order valence-corrected chi connectivity index (χ2v) is 1.83. The molecule has 0 aromatic rings. The van der Waals surface area contributed by atoms with E-state index in [4.69, 9.17) is 0 Å². The SMILES string of the molecule is O=C1N=C2N=NN=C2C(=O)N1. The molecular formula is C4HN5O2. The molecular weight excluding hydrogens is 150 g/mol. The number of amidine groups is 1. The summed E-state index contributed by atoms with van der Waals surface area (Å²) in [6, 6.07) is -0.732. The van der Waals surface area contributed by atoms with Gasteiger partial charge in [-0.3, -0.25) is 10.1 Å². The van der Waals surface area contributed by atoms with E-state index in [0.717, 1.165) is 0 Å². The summed E-state index contributed by atoms with van der Waals surface area (Å²) in [6.07, 6.45) is 0. The first-order valence-corrected chi connectivity index (χ1v) is 2.70. The van der Waals surface area contributed by atoms with Gasteiger partial charge in [-0.05, 0) is 5.22 Å². The zero-order chi connectivity index (χ0) is 7.84. The molecule has 7 nitrogen and oxygen atoms in total. The lowest BCUT2D eigenvalue weighted by molar-refractivity contribution is -0.113. The van der Waals surface area contributed by atoms with Gasteiger partial charge in [0.15, 0.2) is 5.71 Å². The summed E-state index contributed by atoms with van der Waals surface area (Å²) in [6.45, 7) is 0. The molecule has 0 bridgehead atoms. The standard InChI is InChI=1S/C4HN5O2/c10-3-1-2(8-9-7-1)5-4(11)6-3/h(H,6,10,11). The average Bonchev–Trinajstić information content (AvgIpc) is 2.34. The van der Waals surface area contributed by atoms with Crippen LogP contribution >= 0.6 is 0 Å². The maximum Gasteiger partial charge on any atom is 0.350 e. The molecule has 0 unspecified atom stereocenters. The number of hydrogen-bond acceptors (Lipinski definition) is 5. The number of rotatable bonds is 0. The molecule has 2 heterocycles. The highest BCUT2D eigenvalue weighted by Gasteiger charge is 2.29. The number of nitrogens with zero attached hydrogens (tertiary/aromatic N) is 4. The van der Waals surface area contributed by atoms with Gasteiger partial charge >= 0.3 is 6.03 Å². The van der Waals surface area contributed by atoms with Gasteiger partial charge in [-0.2, -0.15) is 4.99 Å². The van der Waals surface area contributed by atoms with Crippen LogP contribution in [0.3, 0.4) is 0 Å². The molecule has 0 saturated carbocycles. The van der Waals surface area contributed by atoms with Crippen LogP contribution in [0.1, 0.15) is 0 Å². The first kappa shape index (κ1) is 5.83. The van der Waals surface area contributed by atoms with E-state index in [-0.39, 0.29) is 11.5 Å². The van der Waals surface area contributed by atoms with Crippen LogP contribution in [0.25, 0.3) is 0 Å². The predicted octanol–water partition coefficient (Wildman–Crippen LogP) is -0.544. The van der Waals surface area contributed by atoms with E-state index < -0.39 is 11.9 Å². The molecule has 0 atom stereocenters. The molecule has 2 aliphatic rings. The van der Waals surface area contributed by atoms with Crippen LogP contribution in [0.5, 0.6) is 0 Å². The summed E-state index contributed by atoms with van der Waals surface area (Å²) in [5, 5.41) is 11.8. The third-order valence-electron chi connectivity index (χ3n) is 1.14. The molecule has 0 aliphatic carbocycles. The molecule has 0 fully saturated rings. The number of hydrogen-bond donors (Lipinski definition) is 1. The van der Waals surface area contributed by atoms with E-state index >= 15 is 0 Å². The average molecular weight is 151 g/mol. The Kier molecular flexibility index (Phi) is 0.945. The first-order valence-electron chi connectivity index (χ1n) is 2.70. The largest absolute Gasteiger partial charge is 0.350 e. The molecule has 0 radical (unpaired) electrons. The molecule has 11 heavy (non-hydrogen) atoms. The monoisotopic (exact) mass is 151 g/mol. The van der Waals surface area contributed by atoms with Crippen molar-refractivity contribution in [3.8, 4) is 0 Å².